The van der Waals surface area contributed by atoms with E-state index in [1.54, 1.807) is 11.8 Å². The molecule has 0 radical (unpaired) electrons. The van der Waals surface area contributed by atoms with Crippen LogP contribution in [-0.4, -0.2) is 40.2 Å². The summed E-state index contributed by atoms with van der Waals surface area (Å²) in [6, 6.07) is 18.1. The number of benzene rings is 2. The van der Waals surface area contributed by atoms with Crippen molar-refractivity contribution >= 4 is 28.0 Å². The molecule has 6 nitrogen and oxygen atoms in total. The molecular weight excluding hydrogens is 438 g/mol. The van der Waals surface area contributed by atoms with Crippen LogP contribution in [0, 0.1) is 0 Å². The summed E-state index contributed by atoms with van der Waals surface area (Å²) in [7, 11) is 0. The van der Waals surface area contributed by atoms with E-state index in [4.69, 9.17) is 14.2 Å². The molecule has 0 bridgehead atoms. The molecular formula is C22H22BrNO5. The lowest BCUT2D eigenvalue weighted by Crippen LogP contribution is -2.54. The third kappa shape index (κ3) is 3.42. The van der Waals surface area contributed by atoms with Gasteiger partial charge in [-0.15, -0.1) is 0 Å². The molecule has 2 aliphatic rings. The molecule has 0 saturated carbocycles. The van der Waals surface area contributed by atoms with Crippen LogP contribution in [0.4, 0.5) is 4.79 Å². The quantitative estimate of drug-likeness (QED) is 0.490. The van der Waals surface area contributed by atoms with E-state index < -0.39 is 40.9 Å². The van der Waals surface area contributed by atoms with Gasteiger partial charge in [-0.05, 0) is 18.1 Å². The number of nitrogens with zero attached hydrogens (tertiary/aromatic N) is 1. The van der Waals surface area contributed by atoms with Crippen molar-refractivity contribution in [1.29, 1.82) is 0 Å². The number of carbonyl (C=O) groups excluding carboxylic acids is 2. The number of halogens is 1. The van der Waals surface area contributed by atoms with Crippen molar-refractivity contribution in [1.82, 2.24) is 4.90 Å². The number of cyclic esters (lactones) is 2. The SMILES string of the molecule is CCO[C@]1(C)OC(=O)[C@@H](Br)[C@H]1N1C(=O)O[C@@H](c2ccccc2)[C@H]1c1ccccc1. The van der Waals surface area contributed by atoms with Crippen LogP contribution in [-0.2, 0) is 19.0 Å². The molecule has 2 aromatic rings. The van der Waals surface area contributed by atoms with E-state index >= 15 is 0 Å². The number of ether oxygens (including phenoxy) is 3. The number of esters is 1. The van der Waals surface area contributed by atoms with Crippen molar-refractivity contribution in [2.45, 2.75) is 42.6 Å². The molecule has 0 spiro atoms. The van der Waals surface area contributed by atoms with Gasteiger partial charge >= 0.3 is 12.1 Å². The molecule has 1 amide bonds. The van der Waals surface area contributed by atoms with E-state index in [-0.39, 0.29) is 0 Å². The fourth-order valence-corrected chi connectivity index (χ4v) is 4.99. The first-order chi connectivity index (χ1) is 14.0. The van der Waals surface area contributed by atoms with Crippen molar-refractivity contribution in [3.8, 4) is 0 Å². The minimum atomic E-state index is -1.28. The highest BCUT2D eigenvalue weighted by Gasteiger charge is 2.61. The summed E-state index contributed by atoms with van der Waals surface area (Å²) < 4.78 is 17.2. The molecule has 2 heterocycles. The molecule has 7 heteroatoms. The zero-order valence-corrected chi connectivity index (χ0v) is 17.7. The van der Waals surface area contributed by atoms with Gasteiger partial charge in [0, 0.05) is 13.5 Å². The molecule has 2 saturated heterocycles. The van der Waals surface area contributed by atoms with Crippen molar-refractivity contribution < 1.29 is 23.8 Å². The first kappa shape index (κ1) is 19.9. The average molecular weight is 460 g/mol. The van der Waals surface area contributed by atoms with Crippen molar-refractivity contribution in [3.05, 3.63) is 71.8 Å². The number of amides is 1. The third-order valence-electron chi connectivity index (χ3n) is 5.37. The van der Waals surface area contributed by atoms with Gasteiger partial charge < -0.3 is 14.2 Å². The zero-order valence-electron chi connectivity index (χ0n) is 16.2. The highest BCUT2D eigenvalue weighted by Crippen LogP contribution is 2.49. The molecule has 0 N–H and O–H groups in total. The standard InChI is InChI=1S/C22H22BrNO5/c1-3-27-22(2)19(16(23)20(25)29-22)24-17(14-10-6-4-7-11-14)18(28-21(24)26)15-12-8-5-9-13-15/h4-13,16-19H,3H2,1-2H3/t16-,17+,18-,19+,22+/m0/s1. The molecule has 2 aromatic carbocycles. The Kier molecular flexibility index (Phi) is 5.36. The van der Waals surface area contributed by atoms with Gasteiger partial charge in [0.15, 0.2) is 6.10 Å². The lowest BCUT2D eigenvalue weighted by molar-refractivity contribution is -0.217. The van der Waals surface area contributed by atoms with Gasteiger partial charge in [-0.3, -0.25) is 9.69 Å². The lowest BCUT2D eigenvalue weighted by Gasteiger charge is -2.37. The van der Waals surface area contributed by atoms with Crippen molar-refractivity contribution in [3.63, 3.8) is 0 Å². The molecule has 29 heavy (non-hydrogen) atoms. The van der Waals surface area contributed by atoms with Crippen LogP contribution in [0.1, 0.15) is 37.1 Å². The molecule has 2 aliphatic heterocycles. The van der Waals surface area contributed by atoms with E-state index in [0.29, 0.717) is 6.61 Å². The first-order valence-electron chi connectivity index (χ1n) is 9.56. The predicted octanol–water partition coefficient (Wildman–Crippen LogP) is 4.36. The van der Waals surface area contributed by atoms with Gasteiger partial charge in [-0.25, -0.2) is 4.79 Å². The van der Waals surface area contributed by atoms with E-state index in [1.165, 1.54) is 0 Å². The highest BCUT2D eigenvalue weighted by molar-refractivity contribution is 9.10. The number of hydrogen-bond acceptors (Lipinski definition) is 5. The van der Waals surface area contributed by atoms with E-state index in [0.717, 1.165) is 11.1 Å². The second-order valence-corrected chi connectivity index (χ2v) is 8.18. The smallest absolute Gasteiger partial charge is 0.411 e. The van der Waals surface area contributed by atoms with Crippen LogP contribution < -0.4 is 0 Å². The first-order valence-corrected chi connectivity index (χ1v) is 10.5. The maximum absolute atomic E-state index is 13.1. The highest BCUT2D eigenvalue weighted by atomic mass is 79.9. The van der Waals surface area contributed by atoms with Gasteiger partial charge in [-0.2, -0.15) is 0 Å². The Morgan fingerprint density at radius 1 is 1.03 bits per heavy atom. The maximum atomic E-state index is 13.1. The monoisotopic (exact) mass is 459 g/mol. The fourth-order valence-electron chi connectivity index (χ4n) is 4.16. The summed E-state index contributed by atoms with van der Waals surface area (Å²) in [4.78, 5) is 26.4. The molecule has 0 unspecified atom stereocenters. The Balaban J connectivity index is 1.82. The molecule has 0 aromatic heterocycles. The number of alkyl halides is 1. The van der Waals surface area contributed by atoms with E-state index in [2.05, 4.69) is 15.9 Å². The minimum Gasteiger partial charge on any atom is -0.439 e. The Morgan fingerprint density at radius 3 is 2.21 bits per heavy atom. The van der Waals surface area contributed by atoms with E-state index in [9.17, 15) is 9.59 Å². The number of hydrogen-bond donors (Lipinski definition) is 0. The number of rotatable bonds is 5. The van der Waals surface area contributed by atoms with Gasteiger partial charge in [0.2, 0.25) is 5.79 Å². The van der Waals surface area contributed by atoms with Crippen LogP contribution >= 0.6 is 15.9 Å². The fraction of sp³-hybridized carbons (Fsp3) is 0.364. The van der Waals surface area contributed by atoms with Gasteiger partial charge in [0.1, 0.15) is 16.9 Å². The lowest BCUT2D eigenvalue weighted by atomic mass is 9.93. The van der Waals surface area contributed by atoms with Gasteiger partial charge in [-0.1, -0.05) is 76.6 Å². The van der Waals surface area contributed by atoms with Gasteiger partial charge in [0.05, 0.1) is 0 Å². The maximum Gasteiger partial charge on any atom is 0.411 e. The second kappa shape index (κ2) is 7.80. The van der Waals surface area contributed by atoms with Crippen LogP contribution in [0.3, 0.4) is 0 Å². The Morgan fingerprint density at radius 2 is 1.62 bits per heavy atom. The van der Waals surface area contributed by atoms with Crippen LogP contribution in [0.15, 0.2) is 60.7 Å². The third-order valence-corrected chi connectivity index (χ3v) is 6.24. The Bertz CT molecular complexity index is 893. The minimum absolute atomic E-state index is 0.334. The van der Waals surface area contributed by atoms with Crippen molar-refractivity contribution in [2.24, 2.45) is 0 Å². The normalized spacial score (nSPS) is 31.6. The summed E-state index contributed by atoms with van der Waals surface area (Å²) >= 11 is 3.43. The molecule has 2 fully saturated rings. The second-order valence-electron chi connectivity index (χ2n) is 7.19. The van der Waals surface area contributed by atoms with Crippen LogP contribution in [0.5, 0.6) is 0 Å². The summed E-state index contributed by atoms with van der Waals surface area (Å²) in [6.07, 6.45) is -1.03. The largest absolute Gasteiger partial charge is 0.439 e. The summed E-state index contributed by atoms with van der Waals surface area (Å²) in [6.45, 7) is 3.84. The topological polar surface area (TPSA) is 65.1 Å². The molecule has 4 rings (SSSR count). The molecule has 5 atom stereocenters. The molecule has 152 valence electrons. The summed E-state index contributed by atoms with van der Waals surface area (Å²) in [5, 5.41) is 0. The Hall–Kier alpha value is -2.38. The summed E-state index contributed by atoms with van der Waals surface area (Å²) in [5.74, 6) is -1.74. The number of carbonyl (C=O) groups is 2. The zero-order chi connectivity index (χ0) is 20.6. The predicted molar refractivity (Wildman–Crippen MR) is 109 cm³/mol. The van der Waals surface area contributed by atoms with Crippen LogP contribution in [0.25, 0.3) is 0 Å². The average Bonchev–Trinajstić information content (AvgIpc) is 3.16. The van der Waals surface area contributed by atoms with Crippen molar-refractivity contribution in [2.75, 3.05) is 6.61 Å². The summed E-state index contributed by atoms with van der Waals surface area (Å²) in [5.41, 5.74) is 1.79. The molecule has 0 aliphatic carbocycles. The van der Waals surface area contributed by atoms with Crippen LogP contribution in [0.2, 0.25) is 0 Å². The van der Waals surface area contributed by atoms with E-state index in [1.807, 2.05) is 67.6 Å². The van der Waals surface area contributed by atoms with Gasteiger partial charge in [0.25, 0.3) is 0 Å². The Labute approximate surface area is 177 Å².